The van der Waals surface area contributed by atoms with Gasteiger partial charge in [-0.2, -0.15) is 0 Å². The summed E-state index contributed by atoms with van der Waals surface area (Å²) >= 11 is 0. The number of hydrogen-bond acceptors (Lipinski definition) is 5. The van der Waals surface area contributed by atoms with E-state index in [9.17, 15) is 4.79 Å². The normalized spacial score (nSPS) is 16.4. The van der Waals surface area contributed by atoms with Gasteiger partial charge >= 0.3 is 5.97 Å². The quantitative estimate of drug-likeness (QED) is 0.754. The Kier molecular flexibility index (Phi) is 3.34. The minimum Gasteiger partial charge on any atom is -0.467 e. The van der Waals surface area contributed by atoms with E-state index in [2.05, 4.69) is 15.0 Å². The number of nitrogens with zero attached hydrogens (tertiary/aromatic N) is 3. The van der Waals surface area contributed by atoms with E-state index in [0.717, 1.165) is 5.69 Å². The zero-order valence-electron chi connectivity index (χ0n) is 9.35. The van der Waals surface area contributed by atoms with Crippen molar-refractivity contribution in [1.82, 2.24) is 15.0 Å². The Morgan fingerprint density at radius 3 is 2.88 bits per heavy atom. The molecule has 0 radical (unpaired) electrons. The van der Waals surface area contributed by atoms with Crippen molar-refractivity contribution in [2.45, 2.75) is 12.0 Å². The summed E-state index contributed by atoms with van der Waals surface area (Å²) < 4.78 is 5.90. The maximum atomic E-state index is 11.4. The molecule has 17 heavy (non-hydrogen) atoms. The van der Waals surface area contributed by atoms with Gasteiger partial charge < -0.3 is 9.84 Å². The summed E-state index contributed by atoms with van der Waals surface area (Å²) in [6.07, 6.45) is 9.43. The fraction of sp³-hybridized carbons (Fsp3) is 0.364. The van der Waals surface area contributed by atoms with Crippen LogP contribution >= 0.6 is 0 Å². The molecule has 0 aliphatic heterocycles. The van der Waals surface area contributed by atoms with Crippen LogP contribution in [0.3, 0.4) is 0 Å². The van der Waals surface area contributed by atoms with E-state index in [0.29, 0.717) is 0 Å². The van der Waals surface area contributed by atoms with E-state index in [1.165, 1.54) is 11.8 Å². The van der Waals surface area contributed by atoms with Crippen molar-refractivity contribution in [2.75, 3.05) is 13.7 Å². The van der Waals surface area contributed by atoms with Crippen LogP contribution in [0.4, 0.5) is 0 Å². The van der Waals surface area contributed by atoms with E-state index >= 15 is 0 Å². The lowest BCUT2D eigenvalue weighted by atomic mass is 10.1. The largest absolute Gasteiger partial charge is 0.467 e. The molecule has 6 heteroatoms. The molecular weight excluding hydrogens is 222 g/mol. The molecular formula is C11H13N3O3. The van der Waals surface area contributed by atoms with Crippen molar-refractivity contribution in [1.29, 1.82) is 0 Å². The number of allylic oxidation sites excluding steroid dienone is 4. The predicted molar refractivity (Wildman–Crippen MR) is 59.2 cm³/mol. The Morgan fingerprint density at radius 2 is 2.29 bits per heavy atom. The second-order valence-corrected chi connectivity index (χ2v) is 3.64. The number of esters is 1. The van der Waals surface area contributed by atoms with Gasteiger partial charge in [0.15, 0.2) is 6.04 Å². The summed E-state index contributed by atoms with van der Waals surface area (Å²) in [6.45, 7) is -0.369. The lowest BCUT2D eigenvalue weighted by Crippen LogP contribution is -2.24. The van der Waals surface area contributed by atoms with Gasteiger partial charge in [-0.05, 0) is 0 Å². The topological polar surface area (TPSA) is 77.2 Å². The first kappa shape index (κ1) is 11.5. The zero-order chi connectivity index (χ0) is 12.3. The Balaban J connectivity index is 2.19. The highest BCUT2D eigenvalue weighted by atomic mass is 16.5. The number of hydrogen-bond donors (Lipinski definition) is 1. The fourth-order valence-corrected chi connectivity index (χ4v) is 1.63. The molecule has 0 saturated carbocycles. The van der Waals surface area contributed by atoms with Gasteiger partial charge in [-0.15, -0.1) is 5.10 Å². The molecule has 0 spiro atoms. The molecule has 0 unspecified atom stereocenters. The highest BCUT2D eigenvalue weighted by Crippen LogP contribution is 2.21. The zero-order valence-corrected chi connectivity index (χ0v) is 9.35. The lowest BCUT2D eigenvalue weighted by Gasteiger charge is -2.10. The second-order valence-electron chi connectivity index (χ2n) is 3.64. The van der Waals surface area contributed by atoms with E-state index < -0.39 is 12.0 Å². The molecule has 0 fully saturated rings. The number of aliphatic hydroxyl groups excluding tert-OH is 1. The van der Waals surface area contributed by atoms with Crippen molar-refractivity contribution in [3.8, 4) is 0 Å². The van der Waals surface area contributed by atoms with Gasteiger partial charge in [0, 0.05) is 5.92 Å². The number of ether oxygens (including phenoxy) is 1. The summed E-state index contributed by atoms with van der Waals surface area (Å²) in [7, 11) is 1.27. The number of methoxy groups -OCH3 is 1. The van der Waals surface area contributed by atoms with Crippen LogP contribution in [0.1, 0.15) is 17.7 Å². The van der Waals surface area contributed by atoms with Crippen molar-refractivity contribution in [2.24, 2.45) is 0 Å². The van der Waals surface area contributed by atoms with Crippen LogP contribution in [-0.4, -0.2) is 39.8 Å². The third-order valence-corrected chi connectivity index (χ3v) is 2.58. The molecule has 1 aromatic rings. The average Bonchev–Trinajstić information content (AvgIpc) is 2.99. The van der Waals surface area contributed by atoms with Crippen molar-refractivity contribution < 1.29 is 14.6 Å². The minimum absolute atomic E-state index is 0.0840. The molecule has 90 valence electrons. The summed E-state index contributed by atoms with van der Waals surface area (Å²) in [5.74, 6) is -0.456. The lowest BCUT2D eigenvalue weighted by molar-refractivity contribution is -0.146. The van der Waals surface area contributed by atoms with E-state index in [1.807, 2.05) is 24.3 Å². The van der Waals surface area contributed by atoms with Gasteiger partial charge in [-0.1, -0.05) is 29.5 Å². The van der Waals surface area contributed by atoms with Crippen LogP contribution in [0.25, 0.3) is 0 Å². The van der Waals surface area contributed by atoms with Gasteiger partial charge in [0.1, 0.15) is 0 Å². The van der Waals surface area contributed by atoms with Crippen molar-refractivity contribution >= 4 is 5.97 Å². The number of carbonyl (C=O) groups excluding carboxylic acids is 1. The van der Waals surface area contributed by atoms with Crippen molar-refractivity contribution in [3.63, 3.8) is 0 Å². The molecule has 1 aromatic heterocycles. The molecule has 2 rings (SSSR count). The van der Waals surface area contributed by atoms with E-state index in [1.54, 1.807) is 6.20 Å². The highest BCUT2D eigenvalue weighted by molar-refractivity contribution is 5.74. The standard InChI is InChI=1S/C11H13N3O3/c1-17-11(16)10(7-15)14-6-9(12-13-14)8-4-2-3-5-8/h2-6,8,10,15H,7H2,1H3/t10-/m0/s1. The summed E-state index contributed by atoms with van der Waals surface area (Å²) in [5, 5.41) is 17.0. The number of aliphatic hydroxyl groups is 1. The molecule has 0 saturated heterocycles. The van der Waals surface area contributed by atoms with Crippen LogP contribution in [0.2, 0.25) is 0 Å². The SMILES string of the molecule is COC(=O)[C@H](CO)n1cc(C2C=CC=C2)nn1. The molecule has 0 bridgehead atoms. The van der Waals surface area contributed by atoms with Gasteiger partial charge in [-0.3, -0.25) is 0 Å². The molecule has 6 nitrogen and oxygen atoms in total. The first-order valence-corrected chi connectivity index (χ1v) is 5.21. The average molecular weight is 235 g/mol. The Morgan fingerprint density at radius 1 is 1.59 bits per heavy atom. The van der Waals surface area contributed by atoms with Crippen LogP contribution < -0.4 is 0 Å². The highest BCUT2D eigenvalue weighted by Gasteiger charge is 2.23. The first-order valence-electron chi connectivity index (χ1n) is 5.21. The number of rotatable bonds is 4. The van der Waals surface area contributed by atoms with Crippen LogP contribution in [0, 0.1) is 0 Å². The molecule has 1 aliphatic rings. The molecule has 1 N–H and O–H groups in total. The Bertz CT molecular complexity index is 452. The molecule has 1 aliphatic carbocycles. The van der Waals surface area contributed by atoms with Gasteiger partial charge in [-0.25, -0.2) is 9.48 Å². The Labute approximate surface area is 98.2 Å². The summed E-state index contributed by atoms with van der Waals surface area (Å²) in [5.41, 5.74) is 0.734. The maximum Gasteiger partial charge on any atom is 0.333 e. The third-order valence-electron chi connectivity index (χ3n) is 2.58. The maximum absolute atomic E-state index is 11.4. The first-order chi connectivity index (χ1) is 8.26. The fourth-order valence-electron chi connectivity index (χ4n) is 1.63. The van der Waals surface area contributed by atoms with E-state index in [-0.39, 0.29) is 12.5 Å². The minimum atomic E-state index is -0.837. The van der Waals surface area contributed by atoms with Gasteiger partial charge in [0.2, 0.25) is 0 Å². The number of carbonyl (C=O) groups is 1. The van der Waals surface area contributed by atoms with E-state index in [4.69, 9.17) is 5.11 Å². The molecule has 0 amide bonds. The predicted octanol–water partition coefficient (Wildman–Crippen LogP) is 0.194. The van der Waals surface area contributed by atoms with Gasteiger partial charge in [0.05, 0.1) is 25.6 Å². The number of aromatic nitrogens is 3. The molecule has 0 aromatic carbocycles. The second kappa shape index (κ2) is 4.92. The Hall–Kier alpha value is -1.95. The van der Waals surface area contributed by atoms with Crippen LogP contribution in [-0.2, 0) is 9.53 Å². The smallest absolute Gasteiger partial charge is 0.333 e. The van der Waals surface area contributed by atoms with Crippen molar-refractivity contribution in [3.05, 3.63) is 36.2 Å². The van der Waals surface area contributed by atoms with Crippen LogP contribution in [0.5, 0.6) is 0 Å². The van der Waals surface area contributed by atoms with Gasteiger partial charge in [0.25, 0.3) is 0 Å². The monoisotopic (exact) mass is 235 g/mol. The summed E-state index contributed by atoms with van der Waals surface area (Å²) in [4.78, 5) is 11.4. The third kappa shape index (κ3) is 2.26. The molecule has 1 atom stereocenters. The molecule has 1 heterocycles. The van der Waals surface area contributed by atoms with Crippen LogP contribution in [0.15, 0.2) is 30.5 Å². The summed E-state index contributed by atoms with van der Waals surface area (Å²) in [6, 6.07) is -0.837.